The molecule has 0 atom stereocenters. The van der Waals surface area contributed by atoms with Gasteiger partial charge in [0.25, 0.3) is 0 Å². The zero-order chi connectivity index (χ0) is 30.5. The summed E-state index contributed by atoms with van der Waals surface area (Å²) in [5.74, 6) is 0.0425. The van der Waals surface area contributed by atoms with Gasteiger partial charge in [0.15, 0.2) is 0 Å². The summed E-state index contributed by atoms with van der Waals surface area (Å²) in [6.45, 7) is 3.37. The van der Waals surface area contributed by atoms with Crippen molar-refractivity contribution in [3.8, 4) is 0 Å². The summed E-state index contributed by atoms with van der Waals surface area (Å²) in [7, 11) is 18.5. The second-order valence-electron chi connectivity index (χ2n) is 6.90. The zero-order valence-electron chi connectivity index (χ0n) is 22.9. The number of nitrogens with zero attached hydrogens (tertiary/aromatic N) is 6. The van der Waals surface area contributed by atoms with E-state index in [-0.39, 0.29) is 71.2 Å². The Balaban J connectivity index is -0.000000285. The van der Waals surface area contributed by atoms with E-state index in [1.807, 2.05) is 38.0 Å². The Labute approximate surface area is 300 Å². The van der Waals surface area contributed by atoms with Crippen LogP contribution in [0, 0.1) is 5.41 Å². The van der Waals surface area contributed by atoms with Gasteiger partial charge in [0.2, 0.25) is 0 Å². The fraction of sp³-hybridized carbons (Fsp3) is 0.211. The van der Waals surface area contributed by atoms with Crippen LogP contribution < -0.4 is 25.0 Å². The first kappa shape index (κ1) is 46.4. The van der Waals surface area contributed by atoms with Crippen molar-refractivity contribution in [2.45, 2.75) is 0 Å². The van der Waals surface area contributed by atoms with E-state index >= 15 is 0 Å². The van der Waals surface area contributed by atoms with Crippen LogP contribution in [0.2, 0.25) is 0 Å². The van der Waals surface area contributed by atoms with Gasteiger partial charge < -0.3 is 41.8 Å². The van der Waals surface area contributed by atoms with Gasteiger partial charge in [-0.05, 0) is 36.4 Å². The number of benzene rings is 2. The van der Waals surface area contributed by atoms with Crippen LogP contribution in [0.3, 0.4) is 0 Å². The van der Waals surface area contributed by atoms with Crippen molar-refractivity contribution in [2.24, 2.45) is 26.2 Å². The number of hydrogen-bond acceptors (Lipinski definition) is 13. The molecular formula is C19H26B4N10O4S2Y2-2. The van der Waals surface area contributed by atoms with Crippen LogP contribution in [0.4, 0.5) is 34.1 Å². The maximum Gasteiger partial charge on any atom is 0.138 e. The molecule has 0 amide bonds. The number of anilines is 4. The number of nitrogens with two attached hydrogens (primary N) is 1. The first-order chi connectivity index (χ1) is 18.4. The summed E-state index contributed by atoms with van der Waals surface area (Å²) in [4.78, 5) is 3.66. The van der Waals surface area contributed by atoms with E-state index in [0.717, 1.165) is 17.7 Å². The maximum absolute atomic E-state index is 10.7. The van der Waals surface area contributed by atoms with E-state index in [9.17, 15) is 16.8 Å². The molecule has 10 radical (unpaired) electrons. The first-order valence-electron chi connectivity index (χ1n) is 10.2. The van der Waals surface area contributed by atoms with Crippen molar-refractivity contribution in [2.75, 3.05) is 47.4 Å². The molecule has 208 valence electrons. The monoisotopic (exact) mass is 744 g/mol. The normalized spacial score (nSPS) is 9.41. The summed E-state index contributed by atoms with van der Waals surface area (Å²) in [5, 5.41) is 21.2. The second kappa shape index (κ2) is 27.3. The molecule has 41 heavy (non-hydrogen) atoms. The molecule has 0 aromatic heterocycles. The Bertz CT molecular complexity index is 1270. The molecule has 2 aromatic rings. The molecule has 0 aliphatic heterocycles. The van der Waals surface area contributed by atoms with Crippen LogP contribution in [0.1, 0.15) is 0 Å². The smallest absolute Gasteiger partial charge is 0.138 e. The Morgan fingerprint density at radius 3 is 1.49 bits per heavy atom. The molecule has 0 spiro atoms. The van der Waals surface area contributed by atoms with E-state index in [4.69, 9.17) is 11.1 Å². The molecule has 0 bridgehead atoms. The zero-order valence-corrected chi connectivity index (χ0v) is 30.2. The van der Waals surface area contributed by atoms with Crippen molar-refractivity contribution in [1.82, 2.24) is 0 Å². The second-order valence-corrected chi connectivity index (χ2v) is 8.25. The van der Waals surface area contributed by atoms with Gasteiger partial charge in [0.05, 0.1) is 0 Å². The average Bonchev–Trinajstić information content (AvgIpc) is 2.89. The average molecular weight is 744 g/mol. The topological polar surface area (TPSA) is 198 Å². The summed E-state index contributed by atoms with van der Waals surface area (Å²) >= 11 is 0. The molecule has 0 heterocycles. The number of hydrogen-bond donors (Lipinski definition) is 4. The van der Waals surface area contributed by atoms with Crippen molar-refractivity contribution < 1.29 is 82.3 Å². The molecule has 14 nitrogen and oxygen atoms in total. The fourth-order valence-corrected chi connectivity index (χ4v) is 3.02. The van der Waals surface area contributed by atoms with Gasteiger partial charge in [-0.25, -0.2) is 0 Å². The van der Waals surface area contributed by atoms with Crippen molar-refractivity contribution in [1.29, 1.82) is 5.41 Å². The minimum Gasteiger partial charge on any atom is -0.418 e. The minimum atomic E-state index is -2.44. The fourth-order valence-electron chi connectivity index (χ4n) is 2.33. The number of nitrogens with one attached hydrogen (secondary N) is 3. The molecule has 0 unspecified atom stereocenters. The predicted molar refractivity (Wildman–Crippen MR) is 160 cm³/mol. The molecule has 0 fully saturated rings. The van der Waals surface area contributed by atoms with E-state index < -0.39 is 21.8 Å². The Kier molecular flexibility index (Phi) is 30.8. The molecule has 22 heteroatoms. The van der Waals surface area contributed by atoms with Crippen LogP contribution in [-0.2, 0) is 104 Å². The third-order valence-corrected chi connectivity index (χ3v) is 4.66. The van der Waals surface area contributed by atoms with Gasteiger partial charge in [-0.15, -0.1) is 20.5 Å². The van der Waals surface area contributed by atoms with E-state index in [2.05, 4.69) is 67.4 Å². The van der Waals surface area contributed by atoms with Crippen molar-refractivity contribution in [3.05, 3.63) is 48.8 Å². The molecule has 0 aliphatic carbocycles. The molecular weight excluding hydrogens is 717 g/mol. The summed E-state index contributed by atoms with van der Waals surface area (Å²) in [5.41, 5.74) is 8.26. The van der Waals surface area contributed by atoms with Crippen LogP contribution in [-0.4, -0.2) is 65.5 Å². The maximum atomic E-state index is 10.7. The third kappa shape index (κ3) is 20.9. The predicted octanol–water partition coefficient (Wildman–Crippen LogP) is 2.45. The molecule has 0 aliphatic rings. The molecule has 0 saturated heterocycles. The van der Waals surface area contributed by atoms with Gasteiger partial charge in [0, 0.05) is 169 Å². The molecule has 2 rings (SSSR count). The van der Waals surface area contributed by atoms with Gasteiger partial charge in [-0.1, -0.05) is 6.58 Å². The van der Waals surface area contributed by atoms with E-state index in [1.165, 1.54) is 0 Å². The third-order valence-electron chi connectivity index (χ3n) is 3.89. The van der Waals surface area contributed by atoms with Gasteiger partial charge >= 0.3 is 0 Å². The van der Waals surface area contributed by atoms with Gasteiger partial charge in [0.1, 0.15) is 23.5 Å². The standard InChI is InChI=1S/C10H14N5O2S.C9H12N5O2S.2B2.2Y/c1-7(11)12-13-9-5-4-8(15(2)3)6-10(9)14-18(16)17;1-14(2)7-3-4-8(12-11-6-10)9(5-7)13-17(15)16;2*1-2;;/h4-6H,1,11H2,2-3H3,(H,14,16,17);3-6,10H,1-2H3,(H,13,15,16);;;;/q2*-1;;;;. The Morgan fingerprint density at radius 2 is 1.20 bits per heavy atom. The molecule has 0 saturated carbocycles. The van der Waals surface area contributed by atoms with E-state index in [0.29, 0.717) is 22.7 Å². The Hall–Kier alpha value is -1.58. The first-order valence-corrected chi connectivity index (χ1v) is 12.4. The minimum absolute atomic E-state index is 0. The number of azo groups is 2. The Morgan fingerprint density at radius 1 is 0.829 bits per heavy atom. The quantitative estimate of drug-likeness (QED) is 0.0942. The van der Waals surface area contributed by atoms with Crippen LogP contribution >= 0.6 is 0 Å². The SMILES string of the molecule is C=C(N)N=Nc1ccc(N(C)C)cc1N[S-](=O)=O.CN(C)c1ccc(N=NC=N)c(N[S-](=O)=O)c1.[B][B].[B][B].[Y].[Y]. The van der Waals surface area contributed by atoms with Crippen LogP contribution in [0.15, 0.2) is 69.3 Å². The molecule has 2 aromatic carbocycles. The van der Waals surface area contributed by atoms with Crippen LogP contribution in [0.25, 0.3) is 0 Å². The van der Waals surface area contributed by atoms with Gasteiger partial charge in [-0.3, -0.25) is 5.41 Å². The largest absolute Gasteiger partial charge is 0.418 e. The summed E-state index contributed by atoms with van der Waals surface area (Å²) in [6.07, 6.45) is 0.776. The molecule has 5 N–H and O–H groups in total. The summed E-state index contributed by atoms with van der Waals surface area (Å²) < 4.78 is 47.2. The summed E-state index contributed by atoms with van der Waals surface area (Å²) in [6, 6.07) is 10.1. The number of rotatable bonds is 10. The van der Waals surface area contributed by atoms with Crippen molar-refractivity contribution >= 4 is 93.2 Å². The van der Waals surface area contributed by atoms with E-state index in [1.54, 1.807) is 36.4 Å². The van der Waals surface area contributed by atoms with Crippen molar-refractivity contribution in [3.63, 3.8) is 0 Å². The van der Waals surface area contributed by atoms with Crippen LogP contribution in [0.5, 0.6) is 0 Å². The van der Waals surface area contributed by atoms with Gasteiger partial charge in [-0.2, -0.15) is 0 Å².